The van der Waals surface area contributed by atoms with Crippen molar-refractivity contribution in [2.45, 2.75) is 70.2 Å². The van der Waals surface area contributed by atoms with Crippen molar-refractivity contribution in [3.63, 3.8) is 0 Å². The molecule has 2 aliphatic rings. The van der Waals surface area contributed by atoms with Crippen LogP contribution in [0.1, 0.15) is 44.2 Å². The molecule has 1 fully saturated rings. The van der Waals surface area contributed by atoms with Crippen molar-refractivity contribution in [3.8, 4) is 0 Å². The van der Waals surface area contributed by atoms with E-state index in [0.717, 1.165) is 30.2 Å². The smallest absolute Gasteiger partial charge is 0.413 e. The number of amides is 3. The summed E-state index contributed by atoms with van der Waals surface area (Å²) in [6.45, 7) is 5.05. The van der Waals surface area contributed by atoms with Crippen molar-refractivity contribution in [1.82, 2.24) is 20.9 Å². The molecule has 4 rings (SSSR count). The standard InChI is InChI=1S/C34H44N4O7/c1-22(2)30(32(41)38-16-14-26(35-3)15-17-38)37-31(40)25(18-23-10-6-4-7-11-23)20-28(39)27(19-24-12-8-5-9-13-24)36-34(43)45-29-21-44-33(29)42/h4-13,21-22,25-28,30,35,39H,14-20H2,1-3H3,(H,36,43)(H,37,40)/t25-,27+,28-,30-/m0/s1. The van der Waals surface area contributed by atoms with Crippen molar-refractivity contribution >= 4 is 23.9 Å². The zero-order valence-electron chi connectivity index (χ0n) is 26.1. The fraction of sp³-hybridized carbons (Fsp3) is 0.471. The molecule has 0 spiro atoms. The Morgan fingerprint density at radius 2 is 1.56 bits per heavy atom. The van der Waals surface area contributed by atoms with E-state index in [1.807, 2.05) is 86.5 Å². The van der Waals surface area contributed by atoms with E-state index in [2.05, 4.69) is 20.7 Å². The number of aliphatic hydroxyl groups is 1. The van der Waals surface area contributed by atoms with Gasteiger partial charge in [0, 0.05) is 25.0 Å². The van der Waals surface area contributed by atoms with Gasteiger partial charge in [-0.15, -0.1) is 0 Å². The number of hydrogen-bond acceptors (Lipinski definition) is 8. The molecule has 0 aromatic heterocycles. The number of aliphatic hydroxyl groups excluding tert-OH is 1. The van der Waals surface area contributed by atoms with Crippen LogP contribution in [0, 0.1) is 11.8 Å². The summed E-state index contributed by atoms with van der Waals surface area (Å²) >= 11 is 0. The van der Waals surface area contributed by atoms with Gasteiger partial charge in [-0.05, 0) is 56.2 Å². The van der Waals surface area contributed by atoms with E-state index < -0.39 is 36.2 Å². The lowest BCUT2D eigenvalue weighted by molar-refractivity contribution is -0.142. The van der Waals surface area contributed by atoms with Gasteiger partial charge in [-0.1, -0.05) is 74.5 Å². The molecule has 4 N–H and O–H groups in total. The fourth-order valence-electron chi connectivity index (χ4n) is 5.66. The zero-order chi connectivity index (χ0) is 32.3. The number of piperidine rings is 1. The molecule has 0 bridgehead atoms. The first-order chi connectivity index (χ1) is 21.6. The number of nitrogens with zero attached hydrogens (tertiary/aromatic N) is 1. The van der Waals surface area contributed by atoms with Crippen LogP contribution in [0.3, 0.4) is 0 Å². The van der Waals surface area contributed by atoms with E-state index >= 15 is 0 Å². The predicted octanol–water partition coefficient (Wildman–Crippen LogP) is 2.68. The number of rotatable bonds is 14. The quantitative estimate of drug-likeness (QED) is 0.236. The van der Waals surface area contributed by atoms with Gasteiger partial charge in [0.1, 0.15) is 12.3 Å². The number of alkyl carbamates (subject to hydrolysis) is 1. The van der Waals surface area contributed by atoms with Gasteiger partial charge >= 0.3 is 12.1 Å². The third-order valence-electron chi connectivity index (χ3n) is 8.41. The largest absolute Gasteiger partial charge is 0.424 e. The molecule has 4 atom stereocenters. The Balaban J connectivity index is 1.51. The fourth-order valence-corrected chi connectivity index (χ4v) is 5.66. The van der Waals surface area contributed by atoms with Crippen LogP contribution in [0.25, 0.3) is 0 Å². The third-order valence-corrected chi connectivity index (χ3v) is 8.41. The van der Waals surface area contributed by atoms with Crippen molar-refractivity contribution in [3.05, 3.63) is 83.8 Å². The highest BCUT2D eigenvalue weighted by molar-refractivity contribution is 5.93. The van der Waals surface area contributed by atoms with Crippen molar-refractivity contribution in [2.24, 2.45) is 11.8 Å². The SMILES string of the molecule is CNC1CCN(C(=O)[C@@H](NC(=O)[C@@H](Cc2ccccc2)C[C@H](O)[C@@H](Cc2ccccc2)NC(=O)OC2=COC2=O)C(C)C)CC1. The molecule has 2 heterocycles. The van der Waals surface area contributed by atoms with Gasteiger partial charge in [0.25, 0.3) is 5.76 Å². The zero-order valence-corrected chi connectivity index (χ0v) is 26.1. The molecule has 242 valence electrons. The highest BCUT2D eigenvalue weighted by atomic mass is 16.6. The normalized spacial score (nSPS) is 17.7. The molecule has 2 aliphatic heterocycles. The maximum Gasteiger partial charge on any atom is 0.413 e. The van der Waals surface area contributed by atoms with Crippen LogP contribution < -0.4 is 16.0 Å². The molecule has 2 aromatic carbocycles. The van der Waals surface area contributed by atoms with E-state index in [0.29, 0.717) is 25.6 Å². The first kappa shape index (κ1) is 33.7. The third kappa shape index (κ3) is 9.63. The average molecular weight is 621 g/mol. The second-order valence-corrected chi connectivity index (χ2v) is 12.0. The molecule has 1 saturated heterocycles. The molecule has 11 heteroatoms. The first-order valence-electron chi connectivity index (χ1n) is 15.6. The summed E-state index contributed by atoms with van der Waals surface area (Å²) in [5.41, 5.74) is 1.74. The van der Waals surface area contributed by atoms with E-state index in [-0.39, 0.29) is 36.3 Å². The molecule has 45 heavy (non-hydrogen) atoms. The first-order valence-corrected chi connectivity index (χ1v) is 15.6. The maximum atomic E-state index is 13.9. The summed E-state index contributed by atoms with van der Waals surface area (Å²) in [6.07, 6.45) is 1.19. The molecule has 3 amide bonds. The molecular weight excluding hydrogens is 576 g/mol. The molecule has 0 saturated carbocycles. The van der Waals surface area contributed by atoms with Crippen LogP contribution in [0.2, 0.25) is 0 Å². The lowest BCUT2D eigenvalue weighted by atomic mass is 9.88. The number of carbonyl (C=O) groups excluding carboxylic acids is 4. The molecule has 2 aromatic rings. The molecule has 11 nitrogen and oxygen atoms in total. The Morgan fingerprint density at radius 3 is 2.07 bits per heavy atom. The van der Waals surface area contributed by atoms with Crippen LogP contribution in [-0.4, -0.2) is 78.3 Å². The number of cyclic esters (lactones) is 1. The van der Waals surface area contributed by atoms with Crippen molar-refractivity contribution < 1.29 is 33.8 Å². The Bertz CT molecular complexity index is 1330. The van der Waals surface area contributed by atoms with E-state index in [9.17, 15) is 24.3 Å². The van der Waals surface area contributed by atoms with Crippen LogP contribution in [-0.2, 0) is 36.7 Å². The predicted molar refractivity (Wildman–Crippen MR) is 167 cm³/mol. The summed E-state index contributed by atoms with van der Waals surface area (Å²) in [5, 5.41) is 20.5. The monoisotopic (exact) mass is 620 g/mol. The summed E-state index contributed by atoms with van der Waals surface area (Å²) in [4.78, 5) is 53.5. The minimum atomic E-state index is -1.17. The van der Waals surface area contributed by atoms with Crippen LogP contribution in [0.4, 0.5) is 4.79 Å². The van der Waals surface area contributed by atoms with Gasteiger partial charge in [-0.25, -0.2) is 9.59 Å². The Hall–Kier alpha value is -4.22. The molecular formula is C34H44N4O7. The number of ether oxygens (including phenoxy) is 2. The molecule has 0 unspecified atom stereocenters. The Kier molecular flexibility index (Phi) is 12.1. The highest BCUT2D eigenvalue weighted by Gasteiger charge is 2.35. The number of carbonyl (C=O) groups is 4. The van der Waals surface area contributed by atoms with E-state index in [1.54, 1.807) is 0 Å². The van der Waals surface area contributed by atoms with Crippen molar-refractivity contribution in [2.75, 3.05) is 20.1 Å². The lowest BCUT2D eigenvalue weighted by Gasteiger charge is -2.36. The molecule has 0 radical (unpaired) electrons. The van der Waals surface area contributed by atoms with E-state index in [4.69, 9.17) is 4.74 Å². The Labute approximate surface area is 264 Å². The van der Waals surface area contributed by atoms with Gasteiger partial charge in [0.15, 0.2) is 0 Å². The van der Waals surface area contributed by atoms with Gasteiger partial charge in [-0.3, -0.25) is 9.59 Å². The maximum absolute atomic E-state index is 13.9. The van der Waals surface area contributed by atoms with Crippen LogP contribution in [0.15, 0.2) is 72.7 Å². The minimum Gasteiger partial charge on any atom is -0.424 e. The summed E-state index contributed by atoms with van der Waals surface area (Å²) in [6, 6.07) is 17.6. The number of likely N-dealkylation sites (tertiary alicyclic amines) is 1. The number of hydrogen-bond donors (Lipinski definition) is 4. The van der Waals surface area contributed by atoms with Gasteiger partial charge < -0.3 is 35.4 Å². The number of benzene rings is 2. The summed E-state index contributed by atoms with van der Waals surface area (Å²) < 4.78 is 9.55. The summed E-state index contributed by atoms with van der Waals surface area (Å²) in [5.74, 6) is -2.32. The average Bonchev–Trinajstić information content (AvgIpc) is 3.05. The van der Waals surface area contributed by atoms with Crippen LogP contribution >= 0.6 is 0 Å². The van der Waals surface area contributed by atoms with E-state index in [1.165, 1.54) is 0 Å². The molecule has 0 aliphatic carbocycles. The minimum absolute atomic E-state index is 0.00415. The number of esters is 1. The second kappa shape index (κ2) is 16.2. The summed E-state index contributed by atoms with van der Waals surface area (Å²) in [7, 11) is 1.92. The van der Waals surface area contributed by atoms with Crippen LogP contribution in [0.5, 0.6) is 0 Å². The second-order valence-electron chi connectivity index (χ2n) is 12.0. The van der Waals surface area contributed by atoms with Gasteiger partial charge in [-0.2, -0.15) is 0 Å². The number of nitrogens with one attached hydrogen (secondary N) is 3. The lowest BCUT2D eigenvalue weighted by Crippen LogP contribution is -2.55. The topological polar surface area (TPSA) is 146 Å². The van der Waals surface area contributed by atoms with Crippen molar-refractivity contribution in [1.29, 1.82) is 0 Å². The van der Waals surface area contributed by atoms with Gasteiger partial charge in [0.2, 0.25) is 11.8 Å². The van der Waals surface area contributed by atoms with Gasteiger partial charge in [0.05, 0.1) is 12.1 Å². The Morgan fingerprint density at radius 1 is 0.956 bits per heavy atom. The highest BCUT2D eigenvalue weighted by Crippen LogP contribution is 2.21.